The van der Waals surface area contributed by atoms with E-state index in [1.54, 1.807) is 13.8 Å². The number of amides is 1. The molecule has 106 valence electrons. The lowest BCUT2D eigenvalue weighted by molar-refractivity contribution is -0.119. The van der Waals surface area contributed by atoms with Gasteiger partial charge in [0.05, 0.1) is 16.5 Å². The van der Waals surface area contributed by atoms with E-state index < -0.39 is 10.0 Å². The topological polar surface area (TPSA) is 115 Å². The van der Waals surface area contributed by atoms with Gasteiger partial charge >= 0.3 is 0 Å². The van der Waals surface area contributed by atoms with Gasteiger partial charge in [0.1, 0.15) is 0 Å². The Labute approximate surface area is 120 Å². The minimum absolute atomic E-state index is 0.0300. The number of halogens is 1. The SMILES string of the molecule is CC(N)C(C)C(=O)Nc1ccc(S(N)(=O)=O)cc1Br. The lowest BCUT2D eigenvalue weighted by atomic mass is 10.0. The van der Waals surface area contributed by atoms with E-state index in [0.717, 1.165) is 0 Å². The van der Waals surface area contributed by atoms with E-state index in [0.29, 0.717) is 10.2 Å². The summed E-state index contributed by atoms with van der Waals surface area (Å²) >= 11 is 3.19. The first-order valence-electron chi connectivity index (χ1n) is 5.51. The molecule has 1 aromatic rings. The highest BCUT2D eigenvalue weighted by Gasteiger charge is 2.18. The van der Waals surface area contributed by atoms with Crippen LogP contribution >= 0.6 is 15.9 Å². The second kappa shape index (κ2) is 6.00. The van der Waals surface area contributed by atoms with Crippen molar-refractivity contribution in [2.75, 3.05) is 5.32 Å². The van der Waals surface area contributed by atoms with Gasteiger partial charge in [-0.15, -0.1) is 0 Å². The molecule has 1 amide bonds. The molecular weight excluding hydrogens is 334 g/mol. The van der Waals surface area contributed by atoms with Gasteiger partial charge in [0.15, 0.2) is 0 Å². The summed E-state index contributed by atoms with van der Waals surface area (Å²) in [6, 6.07) is 3.85. The summed E-state index contributed by atoms with van der Waals surface area (Å²) in [6.07, 6.45) is 0. The number of hydrogen-bond donors (Lipinski definition) is 3. The van der Waals surface area contributed by atoms with Crippen molar-refractivity contribution in [3.05, 3.63) is 22.7 Å². The fourth-order valence-corrected chi connectivity index (χ4v) is 2.43. The molecule has 8 heteroatoms. The molecule has 0 aliphatic carbocycles. The van der Waals surface area contributed by atoms with Gasteiger partial charge in [0.2, 0.25) is 15.9 Å². The van der Waals surface area contributed by atoms with Crippen molar-refractivity contribution in [1.29, 1.82) is 0 Å². The summed E-state index contributed by atoms with van der Waals surface area (Å²) in [7, 11) is -3.76. The molecule has 0 fully saturated rings. The first kappa shape index (κ1) is 16.1. The van der Waals surface area contributed by atoms with Crippen molar-refractivity contribution in [2.24, 2.45) is 16.8 Å². The van der Waals surface area contributed by atoms with Gasteiger partial charge in [0, 0.05) is 10.5 Å². The van der Waals surface area contributed by atoms with Crippen LogP contribution in [-0.4, -0.2) is 20.4 Å². The Bertz CT molecular complexity index is 587. The van der Waals surface area contributed by atoms with Crippen LogP contribution in [-0.2, 0) is 14.8 Å². The van der Waals surface area contributed by atoms with Crippen LogP contribution in [0.1, 0.15) is 13.8 Å². The molecule has 0 saturated heterocycles. The molecule has 1 rings (SSSR count). The van der Waals surface area contributed by atoms with Crippen molar-refractivity contribution in [1.82, 2.24) is 0 Å². The van der Waals surface area contributed by atoms with E-state index in [1.165, 1.54) is 18.2 Å². The summed E-state index contributed by atoms with van der Waals surface area (Å²) in [4.78, 5) is 11.8. The number of hydrogen-bond acceptors (Lipinski definition) is 4. The molecule has 0 spiro atoms. The number of nitrogens with one attached hydrogen (secondary N) is 1. The lowest BCUT2D eigenvalue weighted by Gasteiger charge is -2.16. The minimum Gasteiger partial charge on any atom is -0.327 e. The third-order valence-electron chi connectivity index (χ3n) is 2.73. The fraction of sp³-hybridized carbons (Fsp3) is 0.364. The molecular formula is C11H16BrN3O3S. The van der Waals surface area contributed by atoms with Gasteiger partial charge in [-0.2, -0.15) is 0 Å². The standard InChI is InChI=1S/C11H16BrN3O3S/c1-6(7(2)13)11(16)15-10-4-3-8(5-9(10)12)19(14,17)18/h3-7H,13H2,1-2H3,(H,15,16)(H2,14,17,18). The summed E-state index contributed by atoms with van der Waals surface area (Å²) in [5.74, 6) is -0.594. The maximum Gasteiger partial charge on any atom is 0.238 e. The zero-order valence-electron chi connectivity index (χ0n) is 10.6. The van der Waals surface area contributed by atoms with E-state index in [9.17, 15) is 13.2 Å². The Kier molecular flexibility index (Phi) is 5.08. The molecule has 0 aliphatic rings. The molecule has 0 heterocycles. The number of primary sulfonamides is 1. The summed E-state index contributed by atoms with van der Waals surface area (Å²) < 4.78 is 22.8. The first-order chi connectivity index (χ1) is 8.62. The maximum absolute atomic E-state index is 11.8. The maximum atomic E-state index is 11.8. The normalized spacial score (nSPS) is 14.8. The average molecular weight is 350 g/mol. The van der Waals surface area contributed by atoms with E-state index in [-0.39, 0.29) is 22.8 Å². The largest absolute Gasteiger partial charge is 0.327 e. The quantitative estimate of drug-likeness (QED) is 0.752. The number of sulfonamides is 1. The lowest BCUT2D eigenvalue weighted by Crippen LogP contribution is -2.34. The molecule has 0 radical (unpaired) electrons. The second-order valence-corrected chi connectivity index (χ2v) is 6.74. The van der Waals surface area contributed by atoms with Gasteiger partial charge in [-0.25, -0.2) is 13.6 Å². The molecule has 6 nitrogen and oxygen atoms in total. The van der Waals surface area contributed by atoms with Crippen molar-refractivity contribution in [2.45, 2.75) is 24.8 Å². The number of benzene rings is 1. The Balaban J connectivity index is 2.96. The van der Waals surface area contributed by atoms with Crippen LogP contribution in [0, 0.1) is 5.92 Å². The fourth-order valence-electron chi connectivity index (χ4n) is 1.26. The monoisotopic (exact) mass is 349 g/mol. The number of anilines is 1. The Morgan fingerprint density at radius 2 is 1.95 bits per heavy atom. The van der Waals surface area contributed by atoms with E-state index in [1.807, 2.05) is 0 Å². The van der Waals surface area contributed by atoms with E-state index >= 15 is 0 Å². The number of carbonyl (C=O) groups excluding carboxylic acids is 1. The second-order valence-electron chi connectivity index (χ2n) is 4.32. The number of rotatable bonds is 4. The smallest absolute Gasteiger partial charge is 0.238 e. The van der Waals surface area contributed by atoms with Crippen molar-refractivity contribution in [3.8, 4) is 0 Å². The third-order valence-corrected chi connectivity index (χ3v) is 4.30. The average Bonchev–Trinajstić information content (AvgIpc) is 2.29. The van der Waals surface area contributed by atoms with Crippen molar-refractivity contribution >= 4 is 37.5 Å². The van der Waals surface area contributed by atoms with Crippen LogP contribution in [0.5, 0.6) is 0 Å². The summed E-state index contributed by atoms with van der Waals surface area (Å²) in [5.41, 5.74) is 6.10. The molecule has 0 aliphatic heterocycles. The van der Waals surface area contributed by atoms with Crippen molar-refractivity contribution < 1.29 is 13.2 Å². The predicted molar refractivity (Wildman–Crippen MR) is 77.0 cm³/mol. The van der Waals surface area contributed by atoms with Crippen LogP contribution in [0.4, 0.5) is 5.69 Å². The molecule has 0 aromatic heterocycles. The van der Waals surface area contributed by atoms with Gasteiger partial charge in [0.25, 0.3) is 0 Å². The van der Waals surface area contributed by atoms with Crippen LogP contribution in [0.2, 0.25) is 0 Å². The van der Waals surface area contributed by atoms with Crippen LogP contribution in [0.3, 0.4) is 0 Å². The van der Waals surface area contributed by atoms with E-state index in [2.05, 4.69) is 21.2 Å². The first-order valence-corrected chi connectivity index (χ1v) is 7.85. The van der Waals surface area contributed by atoms with Gasteiger partial charge in [-0.1, -0.05) is 6.92 Å². The molecule has 2 atom stereocenters. The molecule has 0 saturated carbocycles. The minimum atomic E-state index is -3.76. The summed E-state index contributed by atoms with van der Waals surface area (Å²) in [5, 5.41) is 7.68. The highest BCUT2D eigenvalue weighted by molar-refractivity contribution is 9.10. The van der Waals surface area contributed by atoms with Crippen LogP contribution in [0.15, 0.2) is 27.6 Å². The van der Waals surface area contributed by atoms with E-state index in [4.69, 9.17) is 10.9 Å². The van der Waals surface area contributed by atoms with Gasteiger partial charge < -0.3 is 11.1 Å². The number of nitrogens with two attached hydrogens (primary N) is 2. The van der Waals surface area contributed by atoms with Crippen molar-refractivity contribution in [3.63, 3.8) is 0 Å². The molecule has 0 bridgehead atoms. The number of carbonyl (C=O) groups is 1. The molecule has 19 heavy (non-hydrogen) atoms. The molecule has 2 unspecified atom stereocenters. The van der Waals surface area contributed by atoms with Gasteiger partial charge in [-0.3, -0.25) is 4.79 Å². The summed E-state index contributed by atoms with van der Waals surface area (Å²) in [6.45, 7) is 3.45. The predicted octanol–water partition coefficient (Wildman–Crippen LogP) is 1.02. The van der Waals surface area contributed by atoms with Crippen LogP contribution < -0.4 is 16.2 Å². The zero-order valence-corrected chi connectivity index (χ0v) is 13.0. The Morgan fingerprint density at radius 1 is 1.37 bits per heavy atom. The van der Waals surface area contributed by atoms with Crippen LogP contribution in [0.25, 0.3) is 0 Å². The Morgan fingerprint density at radius 3 is 2.37 bits per heavy atom. The highest BCUT2D eigenvalue weighted by atomic mass is 79.9. The van der Waals surface area contributed by atoms with Gasteiger partial charge in [-0.05, 0) is 41.1 Å². The molecule has 1 aromatic carbocycles. The molecule has 5 N–H and O–H groups in total. The highest BCUT2D eigenvalue weighted by Crippen LogP contribution is 2.25. The Hall–Kier alpha value is -0.960. The zero-order chi connectivity index (χ0) is 14.8. The third kappa shape index (κ3) is 4.27.